The van der Waals surface area contributed by atoms with Crippen molar-refractivity contribution in [3.8, 4) is 0 Å². The second-order valence-electron chi connectivity index (χ2n) is 5.23. The van der Waals surface area contributed by atoms with Gasteiger partial charge in [-0.3, -0.25) is 4.79 Å². The number of carbonyl (C=O) groups is 1. The molecule has 1 atom stereocenters. The van der Waals surface area contributed by atoms with Gasteiger partial charge >= 0.3 is 0 Å². The molecule has 1 rings (SSSR count). The number of hydrogen-bond acceptors (Lipinski definition) is 5. The van der Waals surface area contributed by atoms with Crippen molar-refractivity contribution in [1.82, 2.24) is 10.0 Å². The zero-order valence-electron chi connectivity index (χ0n) is 12.0. The summed E-state index contributed by atoms with van der Waals surface area (Å²) < 4.78 is 25.7. The van der Waals surface area contributed by atoms with Gasteiger partial charge in [0.15, 0.2) is 0 Å². The third-order valence-electron chi connectivity index (χ3n) is 3.56. The second kappa shape index (κ2) is 7.63. The molecular weight excluding hydrogens is 300 g/mol. The van der Waals surface area contributed by atoms with Crippen molar-refractivity contribution >= 4 is 27.7 Å². The van der Waals surface area contributed by atoms with E-state index in [1.54, 1.807) is 11.8 Å². The van der Waals surface area contributed by atoms with Crippen LogP contribution in [-0.2, 0) is 14.8 Å². The van der Waals surface area contributed by atoms with Crippen molar-refractivity contribution in [2.75, 3.05) is 30.9 Å². The molecule has 1 aliphatic carbocycles. The first-order chi connectivity index (χ1) is 9.38. The Morgan fingerprint density at radius 3 is 2.55 bits per heavy atom. The molecule has 0 radical (unpaired) electrons. The van der Waals surface area contributed by atoms with E-state index in [1.807, 2.05) is 6.26 Å². The number of hydrogen-bond donors (Lipinski definition) is 3. The number of aliphatic hydroxyl groups excluding tert-OH is 1. The van der Waals surface area contributed by atoms with E-state index in [-0.39, 0.29) is 23.7 Å². The number of nitrogens with one attached hydrogen (secondary N) is 2. The number of carbonyl (C=O) groups excluding carboxylic acids is 1. The molecule has 0 heterocycles. The predicted octanol–water partition coefficient (Wildman–Crippen LogP) is -0.0639. The van der Waals surface area contributed by atoms with E-state index >= 15 is 0 Å². The average molecular weight is 324 g/mol. The highest BCUT2D eigenvalue weighted by Gasteiger charge is 2.42. The molecule has 0 aromatic carbocycles. The number of aliphatic hydroxyl groups is 1. The van der Waals surface area contributed by atoms with E-state index in [1.165, 1.54) is 6.92 Å². The Hall–Kier alpha value is -0.310. The van der Waals surface area contributed by atoms with Crippen molar-refractivity contribution in [2.24, 2.45) is 5.41 Å². The molecule has 1 fully saturated rings. The van der Waals surface area contributed by atoms with Crippen LogP contribution in [0.1, 0.15) is 26.2 Å². The molecule has 3 N–H and O–H groups in total. The molecule has 0 spiro atoms. The van der Waals surface area contributed by atoms with Gasteiger partial charge in [-0.05, 0) is 38.2 Å². The lowest BCUT2D eigenvalue weighted by Gasteiger charge is -2.19. The van der Waals surface area contributed by atoms with Crippen molar-refractivity contribution in [2.45, 2.75) is 32.2 Å². The summed E-state index contributed by atoms with van der Waals surface area (Å²) in [5.74, 6) is 0.349. The monoisotopic (exact) mass is 324 g/mol. The van der Waals surface area contributed by atoms with Crippen LogP contribution >= 0.6 is 11.8 Å². The molecule has 1 unspecified atom stereocenters. The standard InChI is InChI=1S/C12H24N2O4S2/c1-3-20(17,18)14-10(4-7-19-2)11(16)13-8-12(9-15)5-6-12/h10,14-15H,3-9H2,1-2H3,(H,13,16). The molecule has 0 aliphatic heterocycles. The smallest absolute Gasteiger partial charge is 0.238 e. The van der Waals surface area contributed by atoms with Crippen molar-refractivity contribution in [3.05, 3.63) is 0 Å². The van der Waals surface area contributed by atoms with E-state index < -0.39 is 16.1 Å². The molecule has 0 aromatic heterocycles. The normalized spacial score (nSPS) is 18.6. The quantitative estimate of drug-likeness (QED) is 0.523. The van der Waals surface area contributed by atoms with E-state index in [0.717, 1.165) is 12.8 Å². The molecule has 0 bridgehead atoms. The minimum absolute atomic E-state index is 0.0450. The van der Waals surface area contributed by atoms with Crippen molar-refractivity contribution < 1.29 is 18.3 Å². The Morgan fingerprint density at radius 1 is 1.45 bits per heavy atom. The highest BCUT2D eigenvalue weighted by molar-refractivity contribution is 7.98. The first-order valence-electron chi connectivity index (χ1n) is 6.75. The lowest BCUT2D eigenvalue weighted by atomic mass is 10.1. The molecule has 1 aliphatic rings. The van der Waals surface area contributed by atoms with Crippen LogP contribution in [0.15, 0.2) is 0 Å². The highest BCUT2D eigenvalue weighted by atomic mass is 32.2. The van der Waals surface area contributed by atoms with Gasteiger partial charge in [-0.25, -0.2) is 13.1 Å². The number of sulfonamides is 1. The summed E-state index contributed by atoms with van der Waals surface area (Å²) in [5.41, 5.74) is -0.177. The Bertz CT molecular complexity index is 421. The lowest BCUT2D eigenvalue weighted by molar-refractivity contribution is -0.123. The minimum Gasteiger partial charge on any atom is -0.396 e. The highest BCUT2D eigenvalue weighted by Crippen LogP contribution is 2.44. The molecule has 0 saturated heterocycles. The lowest BCUT2D eigenvalue weighted by Crippen LogP contribution is -2.48. The number of rotatable bonds is 10. The fourth-order valence-electron chi connectivity index (χ4n) is 1.74. The predicted molar refractivity (Wildman–Crippen MR) is 81.1 cm³/mol. The number of thioether (sulfide) groups is 1. The summed E-state index contributed by atoms with van der Waals surface area (Å²) >= 11 is 1.57. The Kier molecular flexibility index (Phi) is 6.77. The Morgan fingerprint density at radius 2 is 2.10 bits per heavy atom. The SMILES string of the molecule is CCS(=O)(=O)NC(CCSC)C(=O)NCC1(CO)CC1. The zero-order valence-corrected chi connectivity index (χ0v) is 13.6. The maximum atomic E-state index is 12.1. The Labute approximate surface area is 125 Å². The first-order valence-corrected chi connectivity index (χ1v) is 9.80. The van der Waals surface area contributed by atoms with Crippen LogP contribution in [0.2, 0.25) is 0 Å². The van der Waals surface area contributed by atoms with Gasteiger partial charge in [-0.2, -0.15) is 11.8 Å². The van der Waals surface area contributed by atoms with E-state index in [2.05, 4.69) is 10.0 Å². The zero-order chi connectivity index (χ0) is 15.2. The van der Waals surface area contributed by atoms with Crippen LogP contribution in [0.25, 0.3) is 0 Å². The van der Waals surface area contributed by atoms with E-state index in [4.69, 9.17) is 0 Å². The fourth-order valence-corrected chi connectivity index (χ4v) is 3.04. The largest absolute Gasteiger partial charge is 0.396 e. The van der Waals surface area contributed by atoms with Gasteiger partial charge in [0, 0.05) is 12.0 Å². The number of amides is 1. The summed E-state index contributed by atoms with van der Waals surface area (Å²) in [4.78, 5) is 12.1. The molecule has 1 saturated carbocycles. The minimum atomic E-state index is -3.41. The third-order valence-corrected chi connectivity index (χ3v) is 5.61. The summed E-state index contributed by atoms with van der Waals surface area (Å²) in [6, 6.07) is -0.734. The molecule has 118 valence electrons. The maximum absolute atomic E-state index is 12.1. The van der Waals surface area contributed by atoms with Gasteiger partial charge in [0.1, 0.15) is 6.04 Å². The first kappa shape index (κ1) is 17.7. The topological polar surface area (TPSA) is 95.5 Å². The van der Waals surface area contributed by atoms with Crippen LogP contribution in [0.5, 0.6) is 0 Å². The van der Waals surface area contributed by atoms with Gasteiger partial charge in [0.25, 0.3) is 0 Å². The molecular formula is C12H24N2O4S2. The van der Waals surface area contributed by atoms with Crippen LogP contribution in [-0.4, -0.2) is 56.4 Å². The van der Waals surface area contributed by atoms with Crippen LogP contribution in [0.4, 0.5) is 0 Å². The van der Waals surface area contributed by atoms with Crippen LogP contribution in [0.3, 0.4) is 0 Å². The third kappa shape index (κ3) is 5.59. The molecule has 6 nitrogen and oxygen atoms in total. The van der Waals surface area contributed by atoms with Crippen LogP contribution in [0, 0.1) is 5.41 Å². The molecule has 8 heteroatoms. The van der Waals surface area contributed by atoms with Gasteiger partial charge in [0.05, 0.1) is 12.4 Å². The van der Waals surface area contributed by atoms with Gasteiger partial charge < -0.3 is 10.4 Å². The molecule has 20 heavy (non-hydrogen) atoms. The fraction of sp³-hybridized carbons (Fsp3) is 0.917. The van der Waals surface area contributed by atoms with Gasteiger partial charge in [-0.1, -0.05) is 0 Å². The van der Waals surface area contributed by atoms with Gasteiger partial charge in [0.2, 0.25) is 15.9 Å². The molecule has 0 aromatic rings. The summed E-state index contributed by atoms with van der Waals surface area (Å²) in [5, 5.41) is 12.0. The molecule has 1 amide bonds. The van der Waals surface area contributed by atoms with Crippen LogP contribution < -0.4 is 10.0 Å². The average Bonchev–Trinajstić information content (AvgIpc) is 3.21. The van der Waals surface area contributed by atoms with Gasteiger partial charge in [-0.15, -0.1) is 0 Å². The van der Waals surface area contributed by atoms with E-state index in [0.29, 0.717) is 18.7 Å². The summed E-state index contributed by atoms with van der Waals surface area (Å²) in [6.45, 7) is 2.01. The van der Waals surface area contributed by atoms with Crippen molar-refractivity contribution in [1.29, 1.82) is 0 Å². The van der Waals surface area contributed by atoms with Crippen molar-refractivity contribution in [3.63, 3.8) is 0 Å². The second-order valence-corrected chi connectivity index (χ2v) is 8.26. The van der Waals surface area contributed by atoms with E-state index in [9.17, 15) is 18.3 Å². The summed E-state index contributed by atoms with van der Waals surface area (Å²) in [6.07, 6.45) is 4.17. The maximum Gasteiger partial charge on any atom is 0.238 e. The summed E-state index contributed by atoms with van der Waals surface area (Å²) in [7, 11) is -3.41. The Balaban J connectivity index is 2.55.